The fourth-order valence-corrected chi connectivity index (χ4v) is 13.9. The van der Waals surface area contributed by atoms with Crippen molar-refractivity contribution in [2.24, 2.45) is 0 Å². The van der Waals surface area contributed by atoms with E-state index in [0.717, 1.165) is 11.6 Å². The van der Waals surface area contributed by atoms with Gasteiger partial charge in [0.25, 0.3) is 5.91 Å². The monoisotopic (exact) mass is 1190 g/mol. The van der Waals surface area contributed by atoms with Gasteiger partial charge in [-0.25, -0.2) is 35.3 Å². The summed E-state index contributed by atoms with van der Waals surface area (Å²) in [6.07, 6.45) is -7.94. The molecule has 424 valence electrons. The number of amides is 1. The maximum atomic E-state index is 17.3. The summed E-state index contributed by atoms with van der Waals surface area (Å²) in [6, 6.07) is 18.2. The van der Waals surface area contributed by atoms with Crippen LogP contribution in [0, 0.1) is 6.57 Å². The van der Waals surface area contributed by atoms with Crippen molar-refractivity contribution < 1.29 is 64.9 Å². The van der Waals surface area contributed by atoms with Crippen LogP contribution < -0.4 is 10.2 Å². The molecule has 6 aromatic rings. The molecule has 2 bridgehead atoms. The minimum Gasteiger partial charge on any atom is -0.466 e. The summed E-state index contributed by atoms with van der Waals surface area (Å²) in [4.78, 5) is 79.8. The molecule has 10 atom stereocenters. The third-order valence-electron chi connectivity index (χ3n) is 13.7. The molecule has 3 fully saturated rings. The van der Waals surface area contributed by atoms with Gasteiger partial charge in [0.05, 0.1) is 43.6 Å². The van der Waals surface area contributed by atoms with Crippen LogP contribution in [-0.2, 0) is 78.1 Å². The molecule has 4 aliphatic rings. The van der Waals surface area contributed by atoms with Crippen LogP contribution in [0.5, 0.6) is 0 Å². The number of fused-ring (bicyclic) bond motifs is 4. The number of ketones is 1. The second-order valence-corrected chi connectivity index (χ2v) is 32.0. The molecule has 3 saturated heterocycles. The van der Waals surface area contributed by atoms with Gasteiger partial charge in [0.15, 0.2) is 36.2 Å². The number of alkyl halides is 2. The molecule has 4 aliphatic heterocycles. The van der Waals surface area contributed by atoms with Gasteiger partial charge in [-0.3, -0.25) is 32.9 Å². The highest BCUT2D eigenvalue weighted by molar-refractivity contribution is 8.07. The Labute approximate surface area is 470 Å². The van der Waals surface area contributed by atoms with E-state index in [9.17, 15) is 19.3 Å². The summed E-state index contributed by atoms with van der Waals surface area (Å²) in [5, 5.41) is 3.66. The molecule has 2 N–H and O–H groups in total. The Morgan fingerprint density at radius 1 is 0.887 bits per heavy atom. The van der Waals surface area contributed by atoms with Gasteiger partial charge in [-0.15, -0.1) is 0 Å². The number of esters is 1. The van der Waals surface area contributed by atoms with Crippen LogP contribution in [0.1, 0.15) is 63.7 Å². The third kappa shape index (κ3) is 12.9. The van der Waals surface area contributed by atoms with Crippen LogP contribution in [0.25, 0.3) is 27.0 Å². The molecule has 80 heavy (non-hydrogen) atoms. The summed E-state index contributed by atoms with van der Waals surface area (Å²) >= 11 is 11.4. The summed E-state index contributed by atoms with van der Waals surface area (Å²) in [7, 11) is -1.41. The maximum absolute atomic E-state index is 17.3. The van der Waals surface area contributed by atoms with Gasteiger partial charge in [-0.2, -0.15) is 4.98 Å². The number of aryl methyl sites for hydroxylation is 1. The molecule has 4 aromatic heterocycles. The van der Waals surface area contributed by atoms with E-state index in [2.05, 4.69) is 49.7 Å². The van der Waals surface area contributed by atoms with Crippen LogP contribution in [0.4, 0.5) is 20.5 Å². The fraction of sp³-hybridized carbons (Fsp3) is 0.471. The Kier molecular flexibility index (Phi) is 17.7. The normalized spacial score (nSPS) is 27.1. The number of anilines is 2. The van der Waals surface area contributed by atoms with E-state index in [1.165, 1.54) is 21.8 Å². The number of ether oxygens (including phenoxy) is 3. The first-order valence-corrected chi connectivity index (χ1v) is 34.8. The van der Waals surface area contributed by atoms with Crippen LogP contribution in [-0.4, -0.2) is 148 Å². The van der Waals surface area contributed by atoms with Gasteiger partial charge in [0, 0.05) is 44.9 Å². The number of carbonyl (C=O) groups is 3. The molecular weight excluding hydrogens is 1140 g/mol. The van der Waals surface area contributed by atoms with E-state index in [1.807, 2.05) is 6.07 Å². The number of nitrogens with zero attached hydrogens (tertiary/aromatic N) is 9. The zero-order chi connectivity index (χ0) is 56.3. The average molecular weight is 1200 g/mol. The molecule has 0 spiro atoms. The van der Waals surface area contributed by atoms with Gasteiger partial charge in [0.1, 0.15) is 54.3 Å². The molecule has 10 rings (SSSR count). The molecule has 22 nitrogen and oxygen atoms in total. The molecular formula is C51H58F2N10O12P2S2Si. The number of hydrogen-bond donors (Lipinski definition) is 2. The number of benzene rings is 2. The Hall–Kier alpha value is -5.43. The predicted octanol–water partition coefficient (Wildman–Crippen LogP) is 8.03. The molecule has 0 aliphatic carbocycles. The second-order valence-electron chi connectivity index (χ2n) is 20.6. The summed E-state index contributed by atoms with van der Waals surface area (Å²) in [5.41, 5.74) is 2.33. The number of nitrogens with one attached hydrogen (secondary N) is 1. The SMILES string of the molecule is [C-]#[N+]CCOP1(=S)OC[C@H]2O[C@@H](n3cc4c5c(ncnc53)N(C(=O)c3ccccc3)CCC4)[C@H](F)[C@@H]2OP(O)(=S)OC[C@H]2O[C@@H](n3cnc4c(CC(=O)c5ccccc5)nc(NCCCC(=O)OCC[Si](C)(C)C)nc43)[C@H](O1)[C@@H]2F. The van der Waals surface area contributed by atoms with Gasteiger partial charge < -0.3 is 47.4 Å². The standard InChI is InChI=1S/C51H58F2N10O12P2S2Si/c1-54-20-22-69-77(79)71-28-37-43(41(53)49(73-37)62-26-33-17-12-21-61(45-39(33)46(62)57-29-56-45)48(66)32-15-9-6-10-16-32)74-76(67,78)70-27-36-40(52)44(75-77)50(72-36)63-30-58-42-34(25-35(64)31-13-7-5-8-14-31)59-51(60-47(42)63)55-19-11-18-38(65)68-23-24-80(2,3)4/h5-10,13-16,26,29-30,36-37,40-41,43-44,49-50H,11-12,17-25,27-28H2,2-4H3,(H,67,78)(H,55,59,60)/t36-,37-,40-,41-,43-,44-,49-,50-,76?,77?/m1/s1. The van der Waals surface area contributed by atoms with E-state index in [1.54, 1.807) is 65.7 Å². The Morgan fingerprint density at radius 2 is 1.62 bits per heavy atom. The van der Waals surface area contributed by atoms with E-state index < -0.39 is 83.9 Å². The van der Waals surface area contributed by atoms with Crippen LogP contribution in [0.2, 0.25) is 25.7 Å². The van der Waals surface area contributed by atoms with Gasteiger partial charge in [-0.05, 0) is 66.6 Å². The molecule has 2 unspecified atom stereocenters. The quantitative estimate of drug-likeness (QED) is 0.0219. The van der Waals surface area contributed by atoms with Gasteiger partial charge >= 0.3 is 19.4 Å². The molecule has 29 heteroatoms. The lowest BCUT2D eigenvalue weighted by Gasteiger charge is -2.29. The summed E-state index contributed by atoms with van der Waals surface area (Å²) < 4.78 is 86.0. The minimum atomic E-state index is -4.49. The average Bonchev–Trinajstić information content (AvgIpc) is 4.21. The lowest BCUT2D eigenvalue weighted by molar-refractivity contribution is -0.143. The number of hydrogen-bond acceptors (Lipinski definition) is 19. The molecule has 1 amide bonds. The zero-order valence-corrected chi connectivity index (χ0v) is 48.2. The predicted molar refractivity (Wildman–Crippen MR) is 298 cm³/mol. The van der Waals surface area contributed by atoms with Crippen molar-refractivity contribution in [2.75, 3.05) is 56.3 Å². The largest absolute Gasteiger partial charge is 0.466 e. The smallest absolute Gasteiger partial charge is 0.328 e. The van der Waals surface area contributed by atoms with Crippen LogP contribution in [0.15, 0.2) is 79.5 Å². The number of aromatic nitrogens is 7. The number of Topliss-reactive ketones (excluding diaryl/α,β-unsaturated/α-hetero) is 1. The first-order chi connectivity index (χ1) is 38.4. The zero-order valence-electron chi connectivity index (χ0n) is 43.7. The highest BCUT2D eigenvalue weighted by Gasteiger charge is 2.54. The maximum Gasteiger partial charge on any atom is 0.328 e. The summed E-state index contributed by atoms with van der Waals surface area (Å²) in [6.45, 7) is 4.40. The summed E-state index contributed by atoms with van der Waals surface area (Å²) in [5.74, 6) is -0.493. The minimum absolute atomic E-state index is 0.0570. The van der Waals surface area contributed by atoms with Crippen molar-refractivity contribution in [3.63, 3.8) is 0 Å². The number of halogens is 2. The molecule has 0 radical (unpaired) electrons. The van der Waals surface area contributed by atoms with Gasteiger partial charge in [0.2, 0.25) is 12.5 Å². The van der Waals surface area contributed by atoms with Gasteiger partial charge in [-0.1, -0.05) is 68.2 Å². The van der Waals surface area contributed by atoms with Crippen molar-refractivity contribution >= 4 is 96.7 Å². The number of rotatable bonds is 17. The first-order valence-electron chi connectivity index (χ1n) is 26.0. The van der Waals surface area contributed by atoms with E-state index in [-0.39, 0.29) is 78.7 Å². The highest BCUT2D eigenvalue weighted by atomic mass is 32.5. The topological polar surface area (TPSA) is 239 Å². The highest BCUT2D eigenvalue weighted by Crippen LogP contribution is 2.57. The second kappa shape index (κ2) is 24.6. The Bertz CT molecular complexity index is 3400. The van der Waals surface area contributed by atoms with Crippen LogP contribution >= 0.6 is 13.4 Å². The Balaban J connectivity index is 0.943. The Morgan fingerprint density at radius 3 is 2.38 bits per heavy atom. The van der Waals surface area contributed by atoms with Crippen molar-refractivity contribution in [2.45, 2.75) is 107 Å². The molecule has 2 aromatic carbocycles. The lowest BCUT2D eigenvalue weighted by Crippen LogP contribution is -2.34. The number of carbonyl (C=O) groups excluding carboxylic acids is 3. The van der Waals surface area contributed by atoms with E-state index in [4.69, 9.17) is 72.0 Å². The van der Waals surface area contributed by atoms with Crippen molar-refractivity contribution in [3.8, 4) is 0 Å². The van der Waals surface area contributed by atoms with Crippen molar-refractivity contribution in [3.05, 3.63) is 113 Å². The van der Waals surface area contributed by atoms with Crippen molar-refractivity contribution in [1.82, 2.24) is 34.1 Å². The number of imidazole rings is 1. The third-order valence-corrected chi connectivity index (χ3v) is 19.3. The van der Waals surface area contributed by atoms with Crippen molar-refractivity contribution in [1.29, 1.82) is 0 Å². The molecule has 0 saturated carbocycles. The van der Waals surface area contributed by atoms with Crippen LogP contribution in [0.3, 0.4) is 0 Å². The first kappa shape index (κ1) is 57.8. The van der Waals surface area contributed by atoms with E-state index >= 15 is 8.78 Å². The van der Waals surface area contributed by atoms with E-state index in [0.29, 0.717) is 54.7 Å². The molecule has 8 heterocycles. The lowest BCUT2D eigenvalue weighted by atomic mass is 10.1. The fourth-order valence-electron chi connectivity index (χ4n) is 9.72.